The Bertz CT molecular complexity index is 860. The van der Waals surface area contributed by atoms with Crippen LogP contribution in [-0.4, -0.2) is 39.5 Å². The number of aromatic nitrogens is 3. The van der Waals surface area contributed by atoms with Gasteiger partial charge in [-0.15, -0.1) is 0 Å². The van der Waals surface area contributed by atoms with Crippen molar-refractivity contribution in [1.82, 2.24) is 15.0 Å². The summed E-state index contributed by atoms with van der Waals surface area (Å²) < 4.78 is 0. The Morgan fingerprint density at radius 1 is 1.22 bits per heavy atom. The summed E-state index contributed by atoms with van der Waals surface area (Å²) in [4.78, 5) is 16.0. The van der Waals surface area contributed by atoms with E-state index in [0.717, 1.165) is 51.2 Å². The van der Waals surface area contributed by atoms with Gasteiger partial charge in [-0.25, -0.2) is 15.0 Å². The second kappa shape index (κ2) is 6.14. The highest BCUT2D eigenvalue weighted by Crippen LogP contribution is 2.32. The van der Waals surface area contributed by atoms with E-state index >= 15 is 0 Å². The summed E-state index contributed by atoms with van der Waals surface area (Å²) in [5.41, 5.74) is 3.49. The first-order valence-electron chi connectivity index (χ1n) is 7.29. The molecule has 114 valence electrons. The van der Waals surface area contributed by atoms with E-state index in [1.54, 1.807) is 6.20 Å². The molecular weight excluding hydrogens is 326 g/mol. The van der Waals surface area contributed by atoms with E-state index < -0.39 is 0 Å². The molecule has 0 amide bonds. The smallest absolute Gasteiger partial charge is 0.147 e. The number of nitriles is 1. The van der Waals surface area contributed by atoms with Gasteiger partial charge in [-0.3, -0.25) is 0 Å². The Balaban J connectivity index is 1.74. The summed E-state index contributed by atoms with van der Waals surface area (Å²) in [5, 5.41) is 10.4. The van der Waals surface area contributed by atoms with Crippen LogP contribution in [0.25, 0.3) is 20.9 Å². The van der Waals surface area contributed by atoms with Crippen molar-refractivity contribution < 1.29 is 0 Å². The van der Waals surface area contributed by atoms with Crippen LogP contribution in [0.1, 0.15) is 5.56 Å². The van der Waals surface area contributed by atoms with Crippen LogP contribution in [0.2, 0.25) is 0 Å². The monoisotopic (exact) mass is 339 g/mol. The van der Waals surface area contributed by atoms with Gasteiger partial charge in [-0.2, -0.15) is 17.0 Å². The summed E-state index contributed by atoms with van der Waals surface area (Å²) >= 11 is 3.49. The van der Waals surface area contributed by atoms with E-state index in [2.05, 4.69) is 25.9 Å². The Kier molecular flexibility index (Phi) is 3.85. The molecule has 3 heterocycles. The largest absolute Gasteiger partial charge is 0.369 e. The lowest BCUT2D eigenvalue weighted by molar-refractivity contribution is 0.857. The zero-order valence-electron chi connectivity index (χ0n) is 12.3. The lowest BCUT2D eigenvalue weighted by Gasteiger charge is -2.29. The van der Waals surface area contributed by atoms with Crippen LogP contribution in [0, 0.1) is 11.3 Å². The summed E-state index contributed by atoms with van der Waals surface area (Å²) in [5.74, 6) is 2.23. The molecule has 7 heteroatoms. The molecule has 1 saturated heterocycles. The maximum atomic E-state index is 9.54. The van der Waals surface area contributed by atoms with Crippen molar-refractivity contribution in [2.45, 2.75) is 0 Å². The fraction of sp³-hybridized carbons (Fsp3) is 0.250. The molecule has 1 aromatic carbocycles. The summed E-state index contributed by atoms with van der Waals surface area (Å²) in [7, 11) is 0. The molecule has 0 unspecified atom stereocenters. The third kappa shape index (κ3) is 2.76. The molecule has 5 nitrogen and oxygen atoms in total. The first-order valence-corrected chi connectivity index (χ1v) is 9.26. The van der Waals surface area contributed by atoms with Crippen molar-refractivity contribution in [3.8, 4) is 16.6 Å². The number of nitrogens with zero attached hydrogens (tertiary/aromatic N) is 5. The zero-order valence-corrected chi connectivity index (χ0v) is 13.9. The molecule has 1 aliphatic rings. The highest BCUT2D eigenvalue weighted by molar-refractivity contribution is 7.99. The van der Waals surface area contributed by atoms with Crippen molar-refractivity contribution in [2.24, 2.45) is 0 Å². The average Bonchev–Trinajstić information content (AvgIpc) is 3.06. The fourth-order valence-electron chi connectivity index (χ4n) is 2.65. The van der Waals surface area contributed by atoms with E-state index in [1.165, 1.54) is 17.7 Å². The topological polar surface area (TPSA) is 65.7 Å². The zero-order chi connectivity index (χ0) is 15.6. The Labute approximate surface area is 142 Å². The van der Waals surface area contributed by atoms with Gasteiger partial charge >= 0.3 is 0 Å². The SMILES string of the molecule is N#Cc1cc(-c2nc3cncnc3s2)ccc1N1CCSCC1. The minimum absolute atomic E-state index is 0.708. The maximum absolute atomic E-state index is 9.54. The van der Waals surface area contributed by atoms with Crippen LogP contribution in [0.3, 0.4) is 0 Å². The molecular formula is C16H13N5S2. The highest BCUT2D eigenvalue weighted by Gasteiger charge is 2.16. The standard InChI is InChI=1S/C16H13N5S2/c17-8-12-7-11(1-2-14(12)21-3-5-22-6-4-21)15-20-13-9-18-10-19-16(13)23-15/h1-2,7,9-10H,3-6H2. The average molecular weight is 339 g/mol. The first-order chi connectivity index (χ1) is 11.3. The molecule has 2 aromatic heterocycles. The molecule has 3 aromatic rings. The van der Waals surface area contributed by atoms with Crippen molar-refractivity contribution in [3.63, 3.8) is 0 Å². The molecule has 0 N–H and O–H groups in total. The van der Waals surface area contributed by atoms with Gasteiger partial charge in [0.2, 0.25) is 0 Å². The Hall–Kier alpha value is -2.17. The quantitative estimate of drug-likeness (QED) is 0.714. The van der Waals surface area contributed by atoms with Gasteiger partial charge in [0.1, 0.15) is 27.8 Å². The van der Waals surface area contributed by atoms with Crippen molar-refractivity contribution in [1.29, 1.82) is 5.26 Å². The van der Waals surface area contributed by atoms with Crippen molar-refractivity contribution >= 4 is 39.1 Å². The van der Waals surface area contributed by atoms with E-state index in [-0.39, 0.29) is 0 Å². The van der Waals surface area contributed by atoms with Crippen LogP contribution in [-0.2, 0) is 0 Å². The minimum atomic E-state index is 0.708. The molecule has 0 bridgehead atoms. The minimum Gasteiger partial charge on any atom is -0.369 e. The molecule has 0 saturated carbocycles. The summed E-state index contributed by atoms with van der Waals surface area (Å²) in [6.07, 6.45) is 3.25. The van der Waals surface area contributed by atoms with Crippen molar-refractivity contribution in [2.75, 3.05) is 29.5 Å². The van der Waals surface area contributed by atoms with E-state index in [9.17, 15) is 5.26 Å². The van der Waals surface area contributed by atoms with Crippen LogP contribution in [0.4, 0.5) is 5.69 Å². The second-order valence-electron chi connectivity index (χ2n) is 5.18. The van der Waals surface area contributed by atoms with E-state index in [0.29, 0.717) is 5.56 Å². The maximum Gasteiger partial charge on any atom is 0.147 e. The number of anilines is 1. The highest BCUT2D eigenvalue weighted by atomic mass is 32.2. The molecule has 0 spiro atoms. The van der Waals surface area contributed by atoms with E-state index in [4.69, 9.17) is 0 Å². The molecule has 1 aliphatic heterocycles. The van der Waals surface area contributed by atoms with Gasteiger partial charge in [-0.1, -0.05) is 11.3 Å². The molecule has 23 heavy (non-hydrogen) atoms. The number of thioether (sulfide) groups is 1. The summed E-state index contributed by atoms with van der Waals surface area (Å²) in [6.45, 7) is 1.99. The van der Waals surface area contributed by atoms with Gasteiger partial charge < -0.3 is 4.90 Å². The molecule has 1 fully saturated rings. The number of benzene rings is 1. The number of fused-ring (bicyclic) bond motifs is 1. The third-order valence-electron chi connectivity index (χ3n) is 3.79. The normalized spacial score (nSPS) is 14.8. The van der Waals surface area contributed by atoms with Gasteiger partial charge in [0.05, 0.1) is 17.4 Å². The second-order valence-corrected chi connectivity index (χ2v) is 7.38. The predicted molar refractivity (Wildman–Crippen MR) is 94.9 cm³/mol. The molecule has 0 radical (unpaired) electrons. The van der Waals surface area contributed by atoms with Crippen LogP contribution < -0.4 is 4.90 Å². The summed E-state index contributed by atoms with van der Waals surface area (Å²) in [6, 6.07) is 8.36. The molecule has 4 rings (SSSR count). The van der Waals surface area contributed by atoms with Crippen LogP contribution in [0.5, 0.6) is 0 Å². The Morgan fingerprint density at radius 2 is 2.09 bits per heavy atom. The van der Waals surface area contributed by atoms with Gasteiger partial charge in [0, 0.05) is 30.2 Å². The lowest BCUT2D eigenvalue weighted by atomic mass is 10.1. The van der Waals surface area contributed by atoms with Gasteiger partial charge in [0.15, 0.2) is 0 Å². The number of hydrogen-bond donors (Lipinski definition) is 0. The van der Waals surface area contributed by atoms with Crippen LogP contribution >= 0.6 is 23.1 Å². The molecule has 0 aliphatic carbocycles. The van der Waals surface area contributed by atoms with Crippen LogP contribution in [0.15, 0.2) is 30.7 Å². The van der Waals surface area contributed by atoms with Gasteiger partial charge in [-0.05, 0) is 18.2 Å². The van der Waals surface area contributed by atoms with Gasteiger partial charge in [0.25, 0.3) is 0 Å². The number of thiazole rings is 1. The predicted octanol–water partition coefficient (Wildman–Crippen LogP) is 3.18. The van der Waals surface area contributed by atoms with Crippen molar-refractivity contribution in [3.05, 3.63) is 36.3 Å². The third-order valence-corrected chi connectivity index (χ3v) is 5.76. The first kappa shape index (κ1) is 14.4. The molecule has 0 atom stereocenters. The van der Waals surface area contributed by atoms with E-state index in [1.807, 2.05) is 30.0 Å². The fourth-order valence-corrected chi connectivity index (χ4v) is 4.43. The Morgan fingerprint density at radius 3 is 2.87 bits per heavy atom. The number of hydrogen-bond acceptors (Lipinski definition) is 7. The lowest BCUT2D eigenvalue weighted by Crippen LogP contribution is -2.32. The number of rotatable bonds is 2.